The van der Waals surface area contributed by atoms with Crippen LogP contribution in [-0.4, -0.2) is 52.7 Å². The van der Waals surface area contributed by atoms with E-state index in [1.54, 1.807) is 31.6 Å². The van der Waals surface area contributed by atoms with Crippen molar-refractivity contribution in [2.24, 2.45) is 5.92 Å². The minimum Gasteiger partial charge on any atom is -0.497 e. The lowest BCUT2D eigenvalue weighted by molar-refractivity contribution is 0.0948. The molecule has 3 N–H and O–H groups in total. The summed E-state index contributed by atoms with van der Waals surface area (Å²) in [4.78, 5) is 29.2. The number of hydrogen-bond acceptors (Lipinski definition) is 7. The monoisotopic (exact) mass is 500 g/mol. The van der Waals surface area contributed by atoms with E-state index in [2.05, 4.69) is 30.6 Å². The van der Waals surface area contributed by atoms with Crippen molar-refractivity contribution in [3.63, 3.8) is 0 Å². The van der Waals surface area contributed by atoms with Crippen molar-refractivity contribution < 1.29 is 14.3 Å². The van der Waals surface area contributed by atoms with Crippen molar-refractivity contribution in [2.45, 2.75) is 32.1 Å². The second-order valence-electron chi connectivity index (χ2n) is 9.26. The van der Waals surface area contributed by atoms with Crippen LogP contribution in [0.15, 0.2) is 54.9 Å². The molecule has 0 radical (unpaired) electrons. The first-order valence-corrected chi connectivity index (χ1v) is 12.8. The summed E-state index contributed by atoms with van der Waals surface area (Å²) >= 11 is 0. The predicted molar refractivity (Wildman–Crippen MR) is 143 cm³/mol. The Balaban J connectivity index is 1.20. The smallest absolute Gasteiger partial charge is 0.267 e. The van der Waals surface area contributed by atoms with E-state index in [1.165, 1.54) is 6.42 Å². The molecule has 192 valence electrons. The third-order valence-corrected chi connectivity index (χ3v) is 6.65. The molecule has 0 saturated carbocycles. The molecule has 4 aromatic rings. The number of pyridine rings is 1. The summed E-state index contributed by atoms with van der Waals surface area (Å²) in [5, 5.41) is 7.22. The molecular weight excluding hydrogens is 468 g/mol. The molecule has 1 atom stereocenters. The molecule has 1 aliphatic rings. The van der Waals surface area contributed by atoms with Crippen LogP contribution in [0.3, 0.4) is 0 Å². The number of aromatic amines is 1. The van der Waals surface area contributed by atoms with Gasteiger partial charge in [-0.25, -0.2) is 9.97 Å². The van der Waals surface area contributed by atoms with Crippen LogP contribution in [0.1, 0.15) is 42.6 Å². The zero-order valence-electron chi connectivity index (χ0n) is 21.0. The van der Waals surface area contributed by atoms with Gasteiger partial charge in [0.2, 0.25) is 5.95 Å². The number of benzene rings is 1. The summed E-state index contributed by atoms with van der Waals surface area (Å²) in [6.07, 6.45) is 8.97. The number of carbonyl (C=O) groups excluding carboxylic acids is 1. The average molecular weight is 501 g/mol. The number of hydrogen-bond donors (Lipinski definition) is 3. The van der Waals surface area contributed by atoms with Gasteiger partial charge in [0.1, 0.15) is 11.4 Å². The number of nitrogens with one attached hydrogen (secondary N) is 3. The van der Waals surface area contributed by atoms with Crippen LogP contribution in [0.4, 0.5) is 11.6 Å². The minimum atomic E-state index is -0.0864. The summed E-state index contributed by atoms with van der Waals surface area (Å²) < 4.78 is 10.8. The molecule has 1 amide bonds. The summed E-state index contributed by atoms with van der Waals surface area (Å²) in [7, 11) is 1.62. The number of fused-ring (bicyclic) bond motifs is 1. The second-order valence-corrected chi connectivity index (χ2v) is 9.26. The molecule has 9 heteroatoms. The molecule has 1 unspecified atom stereocenters. The van der Waals surface area contributed by atoms with Crippen LogP contribution >= 0.6 is 0 Å². The highest BCUT2D eigenvalue weighted by atomic mass is 16.5. The fraction of sp³-hybridized carbons (Fsp3) is 0.357. The van der Waals surface area contributed by atoms with Gasteiger partial charge in [0.15, 0.2) is 0 Å². The van der Waals surface area contributed by atoms with Crippen molar-refractivity contribution in [3.05, 3.63) is 60.6 Å². The summed E-state index contributed by atoms with van der Waals surface area (Å²) in [6, 6.07) is 13.1. The first kappa shape index (κ1) is 24.7. The van der Waals surface area contributed by atoms with Crippen LogP contribution in [0.25, 0.3) is 22.3 Å². The molecule has 1 aliphatic heterocycles. The third-order valence-electron chi connectivity index (χ3n) is 6.65. The van der Waals surface area contributed by atoms with Gasteiger partial charge in [0.25, 0.3) is 5.91 Å². The van der Waals surface area contributed by atoms with Gasteiger partial charge in [0.05, 0.1) is 18.5 Å². The number of rotatable bonds is 9. The van der Waals surface area contributed by atoms with Crippen molar-refractivity contribution in [3.8, 4) is 17.1 Å². The average Bonchev–Trinajstić information content (AvgIpc) is 3.18. The molecule has 0 spiro atoms. The Kier molecular flexibility index (Phi) is 7.90. The van der Waals surface area contributed by atoms with Crippen molar-refractivity contribution in [1.82, 2.24) is 25.3 Å². The number of nitrogens with zero attached hydrogens (tertiary/aromatic N) is 3. The van der Waals surface area contributed by atoms with Gasteiger partial charge in [-0.2, -0.15) is 0 Å². The van der Waals surface area contributed by atoms with E-state index in [4.69, 9.17) is 9.47 Å². The van der Waals surface area contributed by atoms with Gasteiger partial charge in [-0.05, 0) is 74.4 Å². The maximum Gasteiger partial charge on any atom is 0.267 e. The fourth-order valence-corrected chi connectivity index (χ4v) is 4.65. The fourth-order valence-electron chi connectivity index (χ4n) is 4.65. The molecule has 5 rings (SSSR count). The summed E-state index contributed by atoms with van der Waals surface area (Å²) in [5.41, 5.74) is 3.65. The lowest BCUT2D eigenvalue weighted by atomic mass is 9.95. The molecule has 0 aliphatic carbocycles. The number of anilines is 2. The minimum absolute atomic E-state index is 0.0864. The van der Waals surface area contributed by atoms with Crippen molar-refractivity contribution in [2.75, 3.05) is 32.2 Å². The van der Waals surface area contributed by atoms with E-state index in [-0.39, 0.29) is 5.91 Å². The van der Waals surface area contributed by atoms with Gasteiger partial charge in [-0.1, -0.05) is 0 Å². The normalized spacial score (nSPS) is 15.8. The zero-order chi connectivity index (χ0) is 25.5. The van der Waals surface area contributed by atoms with Crippen LogP contribution in [0.5, 0.6) is 5.75 Å². The van der Waals surface area contributed by atoms with Gasteiger partial charge in [-0.3, -0.25) is 9.78 Å². The maximum absolute atomic E-state index is 12.7. The second kappa shape index (κ2) is 11.8. The van der Waals surface area contributed by atoms with E-state index >= 15 is 0 Å². The first-order valence-electron chi connectivity index (χ1n) is 12.8. The molecule has 1 saturated heterocycles. The van der Waals surface area contributed by atoms with Gasteiger partial charge in [0, 0.05) is 54.8 Å². The quantitative estimate of drug-likeness (QED) is 0.274. The highest BCUT2D eigenvalue weighted by molar-refractivity contribution is 5.98. The number of amides is 1. The topological polar surface area (TPSA) is 114 Å². The number of H-pyrrole nitrogens is 1. The number of methoxy groups -OCH3 is 1. The molecule has 1 fully saturated rings. The Morgan fingerprint density at radius 1 is 1.08 bits per heavy atom. The van der Waals surface area contributed by atoms with E-state index in [0.717, 1.165) is 55.5 Å². The summed E-state index contributed by atoms with van der Waals surface area (Å²) in [5.74, 6) is 1.78. The molecular formula is C28H32N6O3. The maximum atomic E-state index is 12.7. The summed E-state index contributed by atoms with van der Waals surface area (Å²) in [6.45, 7) is 2.42. The third kappa shape index (κ3) is 6.42. The number of aromatic nitrogens is 4. The lowest BCUT2D eigenvalue weighted by Gasteiger charge is -2.12. The Morgan fingerprint density at radius 2 is 2.00 bits per heavy atom. The molecule has 37 heavy (non-hydrogen) atoms. The van der Waals surface area contributed by atoms with E-state index < -0.39 is 0 Å². The highest BCUT2D eigenvalue weighted by Crippen LogP contribution is 2.24. The van der Waals surface area contributed by atoms with Gasteiger partial charge >= 0.3 is 0 Å². The zero-order valence-corrected chi connectivity index (χ0v) is 21.0. The van der Waals surface area contributed by atoms with Crippen molar-refractivity contribution >= 4 is 28.4 Å². The molecule has 9 nitrogen and oxygen atoms in total. The highest BCUT2D eigenvalue weighted by Gasteiger charge is 2.14. The van der Waals surface area contributed by atoms with E-state index in [0.29, 0.717) is 41.2 Å². The Hall–Kier alpha value is -3.98. The van der Waals surface area contributed by atoms with E-state index in [9.17, 15) is 4.79 Å². The van der Waals surface area contributed by atoms with E-state index in [1.807, 2.05) is 30.3 Å². The molecule has 1 aromatic carbocycles. The molecule has 3 aromatic heterocycles. The van der Waals surface area contributed by atoms with Crippen LogP contribution in [0.2, 0.25) is 0 Å². The van der Waals surface area contributed by atoms with Crippen LogP contribution < -0.4 is 15.4 Å². The first-order chi connectivity index (χ1) is 18.2. The van der Waals surface area contributed by atoms with Gasteiger partial charge in [-0.15, -0.1) is 0 Å². The largest absolute Gasteiger partial charge is 0.497 e. The number of carbonyl (C=O) groups is 1. The lowest BCUT2D eigenvalue weighted by Crippen LogP contribution is -2.25. The molecule has 4 heterocycles. The Bertz CT molecular complexity index is 1350. The van der Waals surface area contributed by atoms with Gasteiger partial charge < -0.3 is 25.1 Å². The number of ether oxygens (including phenoxy) is 2. The van der Waals surface area contributed by atoms with Crippen LogP contribution in [0, 0.1) is 5.92 Å². The Labute approximate surface area is 216 Å². The standard InChI is InChI=1S/C28H32N6O3/c1-36-22-8-12-29-25(18-22)24-9-13-31-28(34-24)32-21-6-7-23-20(16-21)17-26(33-23)27(35)30-11-2-4-19-5-3-14-37-15-10-19/h6-9,12-13,16-19,33H,2-5,10-11,14-15H2,1H3,(H,30,35)(H,31,32,34). The SMILES string of the molecule is COc1ccnc(-c2ccnc(Nc3ccc4[nH]c(C(=O)NCCCC5CCCOCC5)cc4c3)n2)c1. The predicted octanol–water partition coefficient (Wildman–Crippen LogP) is 5.10. The Morgan fingerprint density at radius 3 is 2.92 bits per heavy atom. The molecule has 0 bridgehead atoms. The van der Waals surface area contributed by atoms with Crippen LogP contribution in [-0.2, 0) is 4.74 Å². The van der Waals surface area contributed by atoms with Crippen molar-refractivity contribution in [1.29, 1.82) is 0 Å².